The summed E-state index contributed by atoms with van der Waals surface area (Å²) in [6.07, 6.45) is 0. The summed E-state index contributed by atoms with van der Waals surface area (Å²) in [5, 5.41) is 13.8. The van der Waals surface area contributed by atoms with E-state index in [4.69, 9.17) is 10.2 Å². The number of fused-ring (bicyclic) bond motifs is 1. The molecular weight excluding hydrogens is 350 g/mol. The van der Waals surface area contributed by atoms with E-state index >= 15 is 0 Å². The van der Waals surface area contributed by atoms with Crippen molar-refractivity contribution in [2.75, 3.05) is 6.54 Å². The summed E-state index contributed by atoms with van der Waals surface area (Å²) >= 11 is 0. The lowest BCUT2D eigenvalue weighted by atomic mass is 9.98. The first kappa shape index (κ1) is 17.9. The molecule has 6 nitrogen and oxygen atoms in total. The highest BCUT2D eigenvalue weighted by atomic mass is 16.2. The van der Waals surface area contributed by atoms with Crippen LogP contribution in [0.1, 0.15) is 41.6 Å². The first-order valence-corrected chi connectivity index (χ1v) is 9.40. The molecule has 1 amide bonds. The molecule has 0 bridgehead atoms. The molecule has 0 fully saturated rings. The van der Waals surface area contributed by atoms with E-state index < -0.39 is 0 Å². The van der Waals surface area contributed by atoms with Crippen LogP contribution in [0.25, 0.3) is 11.4 Å². The molecule has 6 heteroatoms. The van der Waals surface area contributed by atoms with Crippen LogP contribution in [0.5, 0.6) is 0 Å². The van der Waals surface area contributed by atoms with E-state index in [0.717, 1.165) is 11.4 Å². The summed E-state index contributed by atoms with van der Waals surface area (Å²) in [4.78, 5) is 19.9. The van der Waals surface area contributed by atoms with Crippen molar-refractivity contribution in [1.82, 2.24) is 19.7 Å². The largest absolute Gasteiger partial charge is 0.326 e. The SMILES string of the molecule is CC(C)[C@H]1c2nc(-c3ccccc3)nn2CCN1C(=O)c1cccc(C#N)c1. The molecule has 3 aromatic rings. The zero-order valence-electron chi connectivity index (χ0n) is 15.9. The van der Waals surface area contributed by atoms with Crippen molar-refractivity contribution in [3.63, 3.8) is 0 Å². The summed E-state index contributed by atoms with van der Waals surface area (Å²) in [6.45, 7) is 5.33. The predicted octanol–water partition coefficient (Wildman–Crippen LogP) is 3.67. The van der Waals surface area contributed by atoms with Gasteiger partial charge < -0.3 is 4.90 Å². The van der Waals surface area contributed by atoms with E-state index in [1.165, 1.54) is 0 Å². The number of nitrogens with zero attached hydrogens (tertiary/aromatic N) is 5. The van der Waals surface area contributed by atoms with Crippen molar-refractivity contribution in [3.8, 4) is 17.5 Å². The molecule has 2 heterocycles. The van der Waals surface area contributed by atoms with Crippen LogP contribution < -0.4 is 0 Å². The van der Waals surface area contributed by atoms with Crippen LogP contribution in [0.15, 0.2) is 54.6 Å². The third-order valence-electron chi connectivity index (χ3n) is 5.02. The Hall–Kier alpha value is -3.46. The van der Waals surface area contributed by atoms with Gasteiger partial charge in [-0.25, -0.2) is 9.67 Å². The number of amides is 1. The second-order valence-electron chi connectivity index (χ2n) is 7.26. The van der Waals surface area contributed by atoms with Gasteiger partial charge in [-0.05, 0) is 24.1 Å². The van der Waals surface area contributed by atoms with Gasteiger partial charge in [-0.3, -0.25) is 4.79 Å². The van der Waals surface area contributed by atoms with Crippen LogP contribution in [0, 0.1) is 17.2 Å². The number of benzene rings is 2. The molecule has 0 spiro atoms. The summed E-state index contributed by atoms with van der Waals surface area (Å²) < 4.78 is 1.92. The van der Waals surface area contributed by atoms with Crippen molar-refractivity contribution in [1.29, 1.82) is 5.26 Å². The predicted molar refractivity (Wildman–Crippen MR) is 105 cm³/mol. The Balaban J connectivity index is 1.71. The fourth-order valence-corrected chi connectivity index (χ4v) is 3.70. The third kappa shape index (κ3) is 3.16. The maximum absolute atomic E-state index is 13.2. The van der Waals surface area contributed by atoms with Crippen LogP contribution in [0.3, 0.4) is 0 Å². The van der Waals surface area contributed by atoms with E-state index in [1.807, 2.05) is 39.9 Å². The van der Waals surface area contributed by atoms with Crippen LogP contribution in [0.2, 0.25) is 0 Å². The first-order chi connectivity index (χ1) is 13.6. The van der Waals surface area contributed by atoms with Crippen molar-refractivity contribution in [2.24, 2.45) is 5.92 Å². The van der Waals surface area contributed by atoms with E-state index in [1.54, 1.807) is 24.3 Å². The van der Waals surface area contributed by atoms with E-state index in [2.05, 4.69) is 25.0 Å². The molecule has 28 heavy (non-hydrogen) atoms. The van der Waals surface area contributed by atoms with E-state index in [-0.39, 0.29) is 17.9 Å². The summed E-state index contributed by atoms with van der Waals surface area (Å²) in [7, 11) is 0. The van der Waals surface area contributed by atoms with Crippen molar-refractivity contribution < 1.29 is 4.79 Å². The molecule has 140 valence electrons. The zero-order valence-corrected chi connectivity index (χ0v) is 15.9. The summed E-state index contributed by atoms with van der Waals surface area (Å²) in [5.41, 5.74) is 1.98. The highest BCUT2D eigenvalue weighted by molar-refractivity contribution is 5.95. The minimum Gasteiger partial charge on any atom is -0.326 e. The van der Waals surface area contributed by atoms with Gasteiger partial charge in [-0.2, -0.15) is 10.4 Å². The molecule has 1 atom stereocenters. The maximum atomic E-state index is 13.2. The van der Waals surface area contributed by atoms with Gasteiger partial charge in [0, 0.05) is 17.7 Å². The average Bonchev–Trinajstić information content (AvgIpc) is 3.17. The molecule has 0 saturated heterocycles. The fourth-order valence-electron chi connectivity index (χ4n) is 3.70. The lowest BCUT2D eigenvalue weighted by molar-refractivity contribution is 0.0537. The smallest absolute Gasteiger partial charge is 0.254 e. The molecular formula is C22H21N5O. The summed E-state index contributed by atoms with van der Waals surface area (Å²) in [5.74, 6) is 1.59. The number of carbonyl (C=O) groups is 1. The highest BCUT2D eigenvalue weighted by Crippen LogP contribution is 2.33. The summed E-state index contributed by atoms with van der Waals surface area (Å²) in [6, 6.07) is 18.7. The van der Waals surface area contributed by atoms with Gasteiger partial charge in [0.2, 0.25) is 0 Å². The second kappa shape index (κ2) is 7.28. The molecule has 0 radical (unpaired) electrons. The topological polar surface area (TPSA) is 74.8 Å². The Morgan fingerprint density at radius 3 is 2.64 bits per heavy atom. The maximum Gasteiger partial charge on any atom is 0.254 e. The minimum atomic E-state index is -0.169. The van der Waals surface area contributed by atoms with Gasteiger partial charge >= 0.3 is 0 Å². The van der Waals surface area contributed by atoms with Crippen LogP contribution in [-0.2, 0) is 6.54 Å². The minimum absolute atomic E-state index is 0.0775. The Morgan fingerprint density at radius 2 is 1.93 bits per heavy atom. The monoisotopic (exact) mass is 371 g/mol. The quantitative estimate of drug-likeness (QED) is 0.704. The Labute approximate surface area is 164 Å². The standard InChI is InChI=1S/C22H21N5O/c1-15(2)19-21-24-20(17-8-4-3-5-9-17)25-27(21)12-11-26(19)22(28)18-10-6-7-16(13-18)14-23/h3-10,13,15,19H,11-12H2,1-2H3/t19-/m0/s1. The molecule has 0 aliphatic carbocycles. The van der Waals surface area contributed by atoms with Crippen LogP contribution in [0.4, 0.5) is 0 Å². The van der Waals surface area contributed by atoms with Gasteiger partial charge in [0.15, 0.2) is 11.6 Å². The molecule has 1 aliphatic heterocycles. The molecule has 2 aromatic carbocycles. The van der Waals surface area contributed by atoms with Gasteiger partial charge in [0.1, 0.15) is 0 Å². The lowest BCUT2D eigenvalue weighted by Gasteiger charge is -2.37. The average molecular weight is 371 g/mol. The van der Waals surface area contributed by atoms with Gasteiger partial charge in [0.25, 0.3) is 5.91 Å². The van der Waals surface area contributed by atoms with Gasteiger partial charge in [-0.15, -0.1) is 0 Å². The normalized spacial score (nSPS) is 15.9. The number of aromatic nitrogens is 3. The molecule has 0 saturated carbocycles. The van der Waals surface area contributed by atoms with Crippen molar-refractivity contribution >= 4 is 5.91 Å². The van der Waals surface area contributed by atoms with E-state index in [0.29, 0.717) is 30.0 Å². The van der Waals surface area contributed by atoms with Crippen LogP contribution in [-0.4, -0.2) is 32.1 Å². The second-order valence-corrected chi connectivity index (χ2v) is 7.26. The number of rotatable bonds is 3. The van der Waals surface area contributed by atoms with Gasteiger partial charge in [0.05, 0.1) is 24.2 Å². The molecule has 1 aliphatic rings. The first-order valence-electron chi connectivity index (χ1n) is 9.40. The number of hydrogen-bond donors (Lipinski definition) is 0. The van der Waals surface area contributed by atoms with Gasteiger partial charge in [-0.1, -0.05) is 50.2 Å². The highest BCUT2D eigenvalue weighted by Gasteiger charge is 2.36. The number of hydrogen-bond acceptors (Lipinski definition) is 4. The molecule has 0 unspecified atom stereocenters. The molecule has 1 aromatic heterocycles. The molecule has 0 N–H and O–H groups in total. The Morgan fingerprint density at radius 1 is 1.14 bits per heavy atom. The Bertz CT molecular complexity index is 1050. The van der Waals surface area contributed by atoms with Crippen molar-refractivity contribution in [3.05, 3.63) is 71.5 Å². The zero-order chi connectivity index (χ0) is 19.7. The molecule has 4 rings (SSSR count). The third-order valence-corrected chi connectivity index (χ3v) is 5.02. The number of nitriles is 1. The lowest BCUT2D eigenvalue weighted by Crippen LogP contribution is -2.44. The van der Waals surface area contributed by atoms with Crippen molar-refractivity contribution in [2.45, 2.75) is 26.4 Å². The number of carbonyl (C=O) groups excluding carboxylic acids is 1. The van der Waals surface area contributed by atoms with E-state index in [9.17, 15) is 4.79 Å². The Kier molecular flexibility index (Phi) is 4.66. The van der Waals surface area contributed by atoms with Crippen LogP contribution >= 0.6 is 0 Å². The fraction of sp³-hybridized carbons (Fsp3) is 0.273.